The molecule has 0 aliphatic heterocycles. The molecule has 2 rings (SSSR count). The largest absolute Gasteiger partial charge is 0.320 e. The third-order valence-corrected chi connectivity index (χ3v) is 3.76. The number of H-pyrrole nitrogens is 1. The van der Waals surface area contributed by atoms with E-state index in [1.54, 1.807) is 25.1 Å². The lowest BCUT2D eigenvalue weighted by Crippen LogP contribution is -2.11. The van der Waals surface area contributed by atoms with Gasteiger partial charge in [-0.25, -0.2) is 0 Å². The van der Waals surface area contributed by atoms with Gasteiger partial charge in [0.15, 0.2) is 0 Å². The van der Waals surface area contributed by atoms with Crippen LogP contribution in [0.2, 0.25) is 10.0 Å². The van der Waals surface area contributed by atoms with Crippen molar-refractivity contribution in [3.63, 3.8) is 0 Å². The van der Waals surface area contributed by atoms with Crippen molar-refractivity contribution >= 4 is 46.1 Å². The molecule has 1 heterocycles. The van der Waals surface area contributed by atoms with E-state index in [4.69, 9.17) is 23.2 Å². The number of halogens is 2. The number of benzene rings is 1. The summed E-state index contributed by atoms with van der Waals surface area (Å²) in [7, 11) is 0. The molecule has 1 amide bonds. The van der Waals surface area contributed by atoms with Crippen molar-refractivity contribution in [1.82, 2.24) is 4.98 Å². The molecule has 0 saturated heterocycles. The molecule has 0 unspecified atom stereocenters. The van der Waals surface area contributed by atoms with E-state index in [9.17, 15) is 9.59 Å². The van der Waals surface area contributed by atoms with Crippen molar-refractivity contribution in [2.45, 2.75) is 6.92 Å². The maximum Gasteiger partial charge on any atom is 0.305 e. The van der Waals surface area contributed by atoms with E-state index in [2.05, 4.69) is 10.3 Å². The number of hydrogen-bond donors (Lipinski definition) is 2. The Bertz CT molecular complexity index is 663. The smallest absolute Gasteiger partial charge is 0.305 e. The number of rotatable bonds is 2. The molecule has 1 aromatic carbocycles. The predicted octanol–water partition coefficient (Wildman–Crippen LogP) is 3.30. The van der Waals surface area contributed by atoms with Crippen molar-refractivity contribution in [3.8, 4) is 0 Å². The average molecular weight is 303 g/mol. The normalized spacial score (nSPS) is 10.4. The van der Waals surface area contributed by atoms with Crippen molar-refractivity contribution in [2.24, 2.45) is 0 Å². The number of hydrogen-bond acceptors (Lipinski definition) is 3. The lowest BCUT2D eigenvalue weighted by atomic mass is 10.3. The first-order valence-corrected chi connectivity index (χ1v) is 6.50. The molecule has 7 heteroatoms. The second-order valence-corrected chi connectivity index (χ2v) is 5.37. The van der Waals surface area contributed by atoms with Gasteiger partial charge in [-0.15, -0.1) is 0 Å². The molecular weight excluding hydrogens is 295 g/mol. The summed E-state index contributed by atoms with van der Waals surface area (Å²) in [5, 5.41) is 3.47. The van der Waals surface area contributed by atoms with Gasteiger partial charge in [-0.1, -0.05) is 34.5 Å². The molecule has 2 N–H and O–H groups in total. The summed E-state index contributed by atoms with van der Waals surface area (Å²) in [5.74, 6) is -0.389. The highest BCUT2D eigenvalue weighted by atomic mass is 35.5. The molecule has 4 nitrogen and oxygen atoms in total. The third kappa shape index (κ3) is 2.75. The number of amides is 1. The van der Waals surface area contributed by atoms with Crippen LogP contribution < -0.4 is 10.2 Å². The SMILES string of the molecule is Cc1[nH]c(=O)sc1C(=O)Nc1cc(Cl)ccc1Cl. The minimum atomic E-state index is -0.389. The number of aromatic nitrogens is 1. The zero-order chi connectivity index (χ0) is 13.3. The molecule has 0 aliphatic carbocycles. The van der Waals surface area contributed by atoms with Crippen LogP contribution in [0.3, 0.4) is 0 Å². The highest BCUT2D eigenvalue weighted by molar-refractivity contribution is 7.11. The average Bonchev–Trinajstić information content (AvgIpc) is 2.63. The summed E-state index contributed by atoms with van der Waals surface area (Å²) in [5.41, 5.74) is 0.940. The molecule has 0 fully saturated rings. The van der Waals surface area contributed by atoms with Crippen LogP contribution in [0.15, 0.2) is 23.0 Å². The van der Waals surface area contributed by atoms with Gasteiger partial charge >= 0.3 is 4.87 Å². The second kappa shape index (κ2) is 5.14. The molecule has 0 aliphatic rings. The van der Waals surface area contributed by atoms with Crippen LogP contribution in [0, 0.1) is 6.92 Å². The van der Waals surface area contributed by atoms with Crippen molar-refractivity contribution in [1.29, 1.82) is 0 Å². The monoisotopic (exact) mass is 302 g/mol. The molecule has 0 spiro atoms. The summed E-state index contributed by atoms with van der Waals surface area (Å²) in [6, 6.07) is 4.76. The highest BCUT2D eigenvalue weighted by Crippen LogP contribution is 2.26. The summed E-state index contributed by atoms with van der Waals surface area (Å²) in [4.78, 5) is 25.7. The summed E-state index contributed by atoms with van der Waals surface area (Å²) in [6.45, 7) is 1.66. The number of carbonyl (C=O) groups is 1. The molecule has 94 valence electrons. The first-order valence-electron chi connectivity index (χ1n) is 4.93. The minimum absolute atomic E-state index is 0.269. The van der Waals surface area contributed by atoms with Crippen LogP contribution in [0.25, 0.3) is 0 Å². The Morgan fingerprint density at radius 3 is 2.72 bits per heavy atom. The van der Waals surface area contributed by atoms with Gasteiger partial charge in [0.25, 0.3) is 5.91 Å². The van der Waals surface area contributed by atoms with Crippen molar-refractivity contribution in [3.05, 3.63) is 48.5 Å². The standard InChI is InChI=1S/C11H8Cl2N2O2S/c1-5-9(18-11(17)14-5)10(16)15-8-4-6(12)2-3-7(8)13/h2-4H,1H3,(H,14,17)(H,15,16). The highest BCUT2D eigenvalue weighted by Gasteiger charge is 2.14. The van der Waals surface area contributed by atoms with Crippen LogP contribution in [0.1, 0.15) is 15.4 Å². The van der Waals surface area contributed by atoms with Gasteiger partial charge < -0.3 is 10.3 Å². The van der Waals surface area contributed by atoms with Crippen LogP contribution >= 0.6 is 34.5 Å². The zero-order valence-electron chi connectivity index (χ0n) is 9.21. The number of thiazole rings is 1. The Morgan fingerprint density at radius 1 is 1.39 bits per heavy atom. The van der Waals surface area contributed by atoms with Crippen LogP contribution in [-0.4, -0.2) is 10.9 Å². The third-order valence-electron chi connectivity index (χ3n) is 2.21. The van der Waals surface area contributed by atoms with Crippen molar-refractivity contribution in [2.75, 3.05) is 5.32 Å². The second-order valence-electron chi connectivity index (χ2n) is 3.55. The molecular formula is C11H8Cl2N2O2S. The van der Waals surface area contributed by atoms with Gasteiger partial charge in [0, 0.05) is 10.7 Å². The maximum absolute atomic E-state index is 12.0. The number of aryl methyl sites for hydroxylation is 1. The number of aromatic amines is 1. The van der Waals surface area contributed by atoms with E-state index < -0.39 is 0 Å². The van der Waals surface area contributed by atoms with Crippen molar-refractivity contribution < 1.29 is 4.79 Å². The van der Waals surface area contributed by atoms with E-state index in [-0.39, 0.29) is 10.8 Å². The summed E-state index contributed by atoms with van der Waals surface area (Å²) < 4.78 is 0. The molecule has 0 saturated carbocycles. The first kappa shape index (κ1) is 13.1. The quantitative estimate of drug-likeness (QED) is 0.894. The molecule has 0 atom stereocenters. The first-order chi connectivity index (χ1) is 8.47. The fourth-order valence-corrected chi connectivity index (χ4v) is 2.47. The number of anilines is 1. The minimum Gasteiger partial charge on any atom is -0.320 e. The summed E-state index contributed by atoms with van der Waals surface area (Å²) in [6.07, 6.45) is 0. The van der Waals surface area contributed by atoms with Gasteiger partial charge in [0.05, 0.1) is 10.7 Å². The van der Waals surface area contributed by atoms with Gasteiger partial charge in [-0.05, 0) is 25.1 Å². The van der Waals surface area contributed by atoms with Crippen LogP contribution in [0.5, 0.6) is 0 Å². The Kier molecular flexibility index (Phi) is 3.75. The van der Waals surface area contributed by atoms with E-state index >= 15 is 0 Å². The molecule has 0 bridgehead atoms. The molecule has 0 radical (unpaired) electrons. The maximum atomic E-state index is 12.0. The Labute approximate surface area is 117 Å². The van der Waals surface area contributed by atoms with Gasteiger partial charge in [-0.2, -0.15) is 0 Å². The lowest BCUT2D eigenvalue weighted by Gasteiger charge is -2.06. The molecule has 18 heavy (non-hydrogen) atoms. The Hall–Kier alpha value is -1.30. The topological polar surface area (TPSA) is 62.0 Å². The Balaban J connectivity index is 2.29. The Morgan fingerprint density at radius 2 is 2.11 bits per heavy atom. The summed E-state index contributed by atoms with van der Waals surface area (Å²) >= 11 is 12.6. The predicted molar refractivity (Wildman–Crippen MR) is 74.1 cm³/mol. The van der Waals surface area contributed by atoms with Gasteiger partial charge in [-0.3, -0.25) is 9.59 Å². The van der Waals surface area contributed by atoms with E-state index in [0.29, 0.717) is 26.3 Å². The molecule has 2 aromatic rings. The number of carbonyl (C=O) groups excluding carboxylic acids is 1. The zero-order valence-corrected chi connectivity index (χ0v) is 11.5. The number of nitrogens with one attached hydrogen (secondary N) is 2. The van der Waals surface area contributed by atoms with Crippen LogP contribution in [0.4, 0.5) is 5.69 Å². The fraction of sp³-hybridized carbons (Fsp3) is 0.0909. The fourth-order valence-electron chi connectivity index (χ4n) is 1.39. The van der Waals surface area contributed by atoms with Crippen LogP contribution in [-0.2, 0) is 0 Å². The van der Waals surface area contributed by atoms with E-state index in [0.717, 1.165) is 11.3 Å². The van der Waals surface area contributed by atoms with Gasteiger partial charge in [0.2, 0.25) is 0 Å². The lowest BCUT2D eigenvalue weighted by molar-refractivity contribution is 0.103. The van der Waals surface area contributed by atoms with Gasteiger partial charge in [0.1, 0.15) is 4.88 Å². The van der Waals surface area contributed by atoms with E-state index in [1.165, 1.54) is 0 Å². The van der Waals surface area contributed by atoms with E-state index in [1.807, 2.05) is 0 Å². The molecule has 1 aromatic heterocycles.